The van der Waals surface area contributed by atoms with E-state index in [4.69, 9.17) is 10.5 Å². The molecule has 0 spiro atoms. The van der Waals surface area contributed by atoms with Gasteiger partial charge in [0.05, 0.1) is 18.8 Å². The number of benzene rings is 1. The van der Waals surface area contributed by atoms with Crippen molar-refractivity contribution in [3.05, 3.63) is 28.2 Å². The molecule has 6 heteroatoms. The van der Waals surface area contributed by atoms with Gasteiger partial charge >= 0.3 is 0 Å². The highest BCUT2D eigenvalue weighted by atomic mass is 79.9. The number of nitrogen functional groups attached to an aromatic ring is 1. The van der Waals surface area contributed by atoms with Crippen molar-refractivity contribution >= 4 is 27.5 Å². The lowest BCUT2D eigenvalue weighted by Crippen LogP contribution is -2.50. The van der Waals surface area contributed by atoms with Crippen LogP contribution in [0.5, 0.6) is 0 Å². The number of rotatable bonds is 2. The number of aliphatic hydroxyl groups is 1. The van der Waals surface area contributed by atoms with Crippen molar-refractivity contribution in [2.75, 3.05) is 25.4 Å². The zero-order valence-electron chi connectivity index (χ0n) is 10.7. The van der Waals surface area contributed by atoms with Crippen molar-refractivity contribution < 1.29 is 14.6 Å². The maximum absolute atomic E-state index is 12.4. The van der Waals surface area contributed by atoms with E-state index in [9.17, 15) is 9.90 Å². The molecule has 0 saturated carbocycles. The van der Waals surface area contributed by atoms with Crippen LogP contribution >= 0.6 is 15.9 Å². The van der Waals surface area contributed by atoms with E-state index in [2.05, 4.69) is 15.9 Å². The van der Waals surface area contributed by atoms with Crippen molar-refractivity contribution in [2.45, 2.75) is 19.1 Å². The second-order valence-electron chi connectivity index (χ2n) is 4.70. The van der Waals surface area contributed by atoms with E-state index < -0.39 is 0 Å². The van der Waals surface area contributed by atoms with Crippen LogP contribution in [-0.4, -0.2) is 47.8 Å². The Morgan fingerprint density at radius 3 is 2.95 bits per heavy atom. The first kappa shape index (κ1) is 14.3. The summed E-state index contributed by atoms with van der Waals surface area (Å²) in [6, 6.07) is 5.12. The van der Waals surface area contributed by atoms with E-state index in [0.29, 0.717) is 28.8 Å². The molecule has 1 aliphatic rings. The Morgan fingerprint density at radius 2 is 2.32 bits per heavy atom. The van der Waals surface area contributed by atoms with Crippen molar-refractivity contribution in [2.24, 2.45) is 0 Å². The molecule has 0 bridgehead atoms. The fraction of sp³-hybridized carbons (Fsp3) is 0.462. The number of amides is 1. The van der Waals surface area contributed by atoms with Gasteiger partial charge in [0.25, 0.3) is 5.91 Å². The van der Waals surface area contributed by atoms with E-state index >= 15 is 0 Å². The molecule has 104 valence electrons. The smallest absolute Gasteiger partial charge is 0.254 e. The summed E-state index contributed by atoms with van der Waals surface area (Å²) in [4.78, 5) is 14.1. The predicted molar refractivity (Wildman–Crippen MR) is 75.9 cm³/mol. The van der Waals surface area contributed by atoms with Gasteiger partial charge in [-0.05, 0) is 41.1 Å². The van der Waals surface area contributed by atoms with Crippen LogP contribution in [0.2, 0.25) is 0 Å². The first-order chi connectivity index (χ1) is 9.01. The summed E-state index contributed by atoms with van der Waals surface area (Å²) in [6.07, 6.45) is -0.392. The maximum atomic E-state index is 12.4. The average Bonchev–Trinajstić information content (AvgIpc) is 2.40. The Balaban J connectivity index is 2.16. The van der Waals surface area contributed by atoms with E-state index in [1.807, 2.05) is 6.92 Å². The Hall–Kier alpha value is -1.11. The van der Waals surface area contributed by atoms with Gasteiger partial charge in [0, 0.05) is 28.8 Å². The van der Waals surface area contributed by atoms with Crippen molar-refractivity contribution in [3.63, 3.8) is 0 Å². The van der Waals surface area contributed by atoms with Crippen LogP contribution in [0.4, 0.5) is 5.69 Å². The number of nitrogens with zero attached hydrogens (tertiary/aromatic N) is 1. The number of hydrogen-bond acceptors (Lipinski definition) is 4. The number of morpholine rings is 1. The molecule has 0 radical (unpaired) electrons. The minimum atomic E-state index is -0.315. The third-order valence-electron chi connectivity index (χ3n) is 3.06. The molecule has 2 unspecified atom stereocenters. The first-order valence-electron chi connectivity index (χ1n) is 6.12. The summed E-state index contributed by atoms with van der Waals surface area (Å²) in [7, 11) is 0. The predicted octanol–water partition coefficient (Wildman–Crippen LogP) is 1.25. The van der Waals surface area contributed by atoms with E-state index in [0.717, 1.165) is 0 Å². The van der Waals surface area contributed by atoms with Crippen molar-refractivity contribution in [1.82, 2.24) is 4.90 Å². The number of hydrogen-bond donors (Lipinski definition) is 2. The van der Waals surface area contributed by atoms with Crippen LogP contribution in [0.15, 0.2) is 22.7 Å². The van der Waals surface area contributed by atoms with Gasteiger partial charge in [0.15, 0.2) is 0 Å². The number of carbonyl (C=O) groups is 1. The molecule has 1 aliphatic heterocycles. The van der Waals surface area contributed by atoms with Crippen LogP contribution in [0, 0.1) is 0 Å². The number of anilines is 1. The zero-order valence-corrected chi connectivity index (χ0v) is 12.3. The molecule has 1 aromatic carbocycles. The molecule has 0 aliphatic carbocycles. The first-order valence-corrected chi connectivity index (χ1v) is 6.91. The van der Waals surface area contributed by atoms with Gasteiger partial charge in [-0.2, -0.15) is 0 Å². The molecule has 1 amide bonds. The van der Waals surface area contributed by atoms with Crippen LogP contribution in [0.25, 0.3) is 0 Å². The minimum absolute atomic E-state index is 0.0747. The van der Waals surface area contributed by atoms with Gasteiger partial charge < -0.3 is 20.5 Å². The molecule has 2 rings (SSSR count). The number of aliphatic hydroxyl groups excluding tert-OH is 1. The maximum Gasteiger partial charge on any atom is 0.254 e. The van der Waals surface area contributed by atoms with Gasteiger partial charge in [-0.25, -0.2) is 0 Å². The Kier molecular flexibility index (Phi) is 4.44. The third kappa shape index (κ3) is 3.26. The summed E-state index contributed by atoms with van der Waals surface area (Å²) in [6.45, 7) is 2.74. The van der Waals surface area contributed by atoms with Gasteiger partial charge in [0.1, 0.15) is 0 Å². The molecule has 2 atom stereocenters. The lowest BCUT2D eigenvalue weighted by molar-refractivity contribution is -0.0858. The molecule has 1 aromatic rings. The highest BCUT2D eigenvalue weighted by molar-refractivity contribution is 9.10. The van der Waals surface area contributed by atoms with Crippen molar-refractivity contribution in [3.8, 4) is 0 Å². The number of ether oxygens (including phenoxy) is 1. The lowest BCUT2D eigenvalue weighted by Gasteiger charge is -2.36. The Morgan fingerprint density at radius 1 is 1.58 bits per heavy atom. The minimum Gasteiger partial charge on any atom is -0.398 e. The fourth-order valence-corrected chi connectivity index (χ4v) is 2.53. The SMILES string of the molecule is CC1CN(C(=O)c2ccc(N)c(Br)c2)CC(CO)O1. The number of halogens is 1. The topological polar surface area (TPSA) is 75.8 Å². The van der Waals surface area contributed by atoms with Gasteiger partial charge in [-0.15, -0.1) is 0 Å². The lowest BCUT2D eigenvalue weighted by atomic mass is 10.1. The van der Waals surface area contributed by atoms with Gasteiger partial charge in [0.2, 0.25) is 0 Å². The fourth-order valence-electron chi connectivity index (χ4n) is 2.15. The summed E-state index contributed by atoms with van der Waals surface area (Å²) in [5.41, 5.74) is 6.88. The summed E-state index contributed by atoms with van der Waals surface area (Å²) < 4.78 is 6.23. The molecule has 3 N–H and O–H groups in total. The van der Waals surface area contributed by atoms with Crippen LogP contribution < -0.4 is 5.73 Å². The van der Waals surface area contributed by atoms with E-state index in [1.165, 1.54) is 0 Å². The second kappa shape index (κ2) is 5.90. The highest BCUT2D eigenvalue weighted by Crippen LogP contribution is 2.22. The monoisotopic (exact) mass is 328 g/mol. The quantitative estimate of drug-likeness (QED) is 0.801. The largest absolute Gasteiger partial charge is 0.398 e. The third-order valence-corrected chi connectivity index (χ3v) is 3.75. The van der Waals surface area contributed by atoms with Crippen LogP contribution in [0.3, 0.4) is 0 Å². The molecule has 1 saturated heterocycles. The molecular formula is C13H17BrN2O3. The highest BCUT2D eigenvalue weighted by Gasteiger charge is 2.28. The molecule has 1 fully saturated rings. The van der Waals surface area contributed by atoms with Gasteiger partial charge in [-0.1, -0.05) is 0 Å². The standard InChI is InChI=1S/C13H17BrN2O3/c1-8-5-16(6-10(7-17)19-8)13(18)9-2-3-12(15)11(14)4-9/h2-4,8,10,17H,5-7,15H2,1H3. The summed E-state index contributed by atoms with van der Waals surface area (Å²) in [5.74, 6) is -0.0747. The molecule has 19 heavy (non-hydrogen) atoms. The van der Waals surface area contributed by atoms with E-state index in [1.54, 1.807) is 23.1 Å². The van der Waals surface area contributed by atoms with Crippen molar-refractivity contribution in [1.29, 1.82) is 0 Å². The van der Waals surface area contributed by atoms with E-state index in [-0.39, 0.29) is 24.7 Å². The normalized spacial score (nSPS) is 23.4. The summed E-state index contributed by atoms with van der Waals surface area (Å²) >= 11 is 3.32. The van der Waals surface area contributed by atoms with Crippen LogP contribution in [0.1, 0.15) is 17.3 Å². The molecular weight excluding hydrogens is 312 g/mol. The molecule has 0 aromatic heterocycles. The number of carbonyl (C=O) groups excluding carboxylic acids is 1. The Bertz CT molecular complexity index is 481. The number of nitrogens with two attached hydrogens (primary N) is 1. The zero-order chi connectivity index (χ0) is 14.0. The van der Waals surface area contributed by atoms with Crippen LogP contribution in [-0.2, 0) is 4.74 Å². The summed E-state index contributed by atoms with van der Waals surface area (Å²) in [5, 5.41) is 9.17. The molecule has 1 heterocycles. The average molecular weight is 329 g/mol. The second-order valence-corrected chi connectivity index (χ2v) is 5.55. The molecule has 5 nitrogen and oxygen atoms in total. The van der Waals surface area contributed by atoms with Gasteiger partial charge in [-0.3, -0.25) is 4.79 Å². The Labute approximate surface area is 120 Å².